The van der Waals surface area contributed by atoms with E-state index in [1.165, 1.54) is 6.42 Å². The number of nitrogens with zero attached hydrogens (tertiary/aromatic N) is 1. The smallest absolute Gasteiger partial charge is 0.242 e. The lowest BCUT2D eigenvalue weighted by Crippen LogP contribution is -2.50. The Morgan fingerprint density at radius 1 is 1.12 bits per heavy atom. The number of rotatable bonds is 5. The first-order valence-electron chi connectivity index (χ1n) is 9.27. The highest BCUT2D eigenvalue weighted by molar-refractivity contribution is 7.91. The van der Waals surface area contributed by atoms with Gasteiger partial charge in [0.2, 0.25) is 5.91 Å². The number of sulfone groups is 1. The van der Waals surface area contributed by atoms with Crippen LogP contribution >= 0.6 is 0 Å². The molecule has 1 aromatic rings. The molecule has 3 rings (SSSR count). The molecular formula is C19H28N2O3S. The second-order valence-electron chi connectivity index (χ2n) is 7.32. The average molecular weight is 365 g/mol. The zero-order valence-electron chi connectivity index (χ0n) is 14.9. The molecule has 1 aliphatic carbocycles. The predicted molar refractivity (Wildman–Crippen MR) is 100 cm³/mol. The first-order valence-corrected chi connectivity index (χ1v) is 11.1. The molecule has 0 bridgehead atoms. The maximum Gasteiger partial charge on any atom is 0.242 e. The predicted octanol–water partition coefficient (Wildman–Crippen LogP) is 2.76. The fourth-order valence-electron chi connectivity index (χ4n) is 4.09. The van der Waals surface area contributed by atoms with E-state index in [0.717, 1.165) is 36.9 Å². The summed E-state index contributed by atoms with van der Waals surface area (Å²) in [6.07, 6.45) is 6.02. The van der Waals surface area contributed by atoms with E-state index in [2.05, 4.69) is 5.32 Å². The summed E-state index contributed by atoms with van der Waals surface area (Å²) in [5.74, 6) is 0.358. The first-order chi connectivity index (χ1) is 12.0. The van der Waals surface area contributed by atoms with Crippen molar-refractivity contribution in [3.63, 3.8) is 0 Å². The van der Waals surface area contributed by atoms with Crippen molar-refractivity contribution in [3.8, 4) is 0 Å². The van der Waals surface area contributed by atoms with Crippen LogP contribution in [-0.2, 0) is 14.6 Å². The minimum absolute atomic E-state index is 0.0252. The molecular weight excluding hydrogens is 336 g/mol. The number of carbonyl (C=O) groups is 1. The number of benzene rings is 1. The molecule has 1 heterocycles. The van der Waals surface area contributed by atoms with Crippen LogP contribution in [0.1, 0.15) is 44.1 Å². The molecule has 138 valence electrons. The molecule has 0 aromatic heterocycles. The number of hydrogen-bond donors (Lipinski definition) is 1. The number of aryl methyl sites for hydroxylation is 1. The third kappa shape index (κ3) is 4.54. The summed E-state index contributed by atoms with van der Waals surface area (Å²) >= 11 is 0. The van der Waals surface area contributed by atoms with Crippen LogP contribution in [0.15, 0.2) is 24.3 Å². The van der Waals surface area contributed by atoms with Crippen molar-refractivity contribution in [3.05, 3.63) is 29.8 Å². The van der Waals surface area contributed by atoms with Gasteiger partial charge in [0.25, 0.3) is 0 Å². The lowest BCUT2D eigenvalue weighted by atomic mass is 9.93. The van der Waals surface area contributed by atoms with E-state index in [-0.39, 0.29) is 36.0 Å². The highest BCUT2D eigenvalue weighted by atomic mass is 32.2. The van der Waals surface area contributed by atoms with Crippen molar-refractivity contribution in [2.45, 2.75) is 57.5 Å². The SMILES string of the molecule is Cc1ccccc1NCC(=O)N(C1CCCCC1)C1CCS(=O)(=O)C1. The van der Waals surface area contributed by atoms with Gasteiger partial charge in [0.05, 0.1) is 18.1 Å². The Kier molecular flexibility index (Phi) is 5.67. The lowest BCUT2D eigenvalue weighted by molar-refractivity contribution is -0.134. The summed E-state index contributed by atoms with van der Waals surface area (Å²) < 4.78 is 23.8. The maximum atomic E-state index is 13.0. The van der Waals surface area contributed by atoms with Crippen molar-refractivity contribution in [2.24, 2.45) is 0 Å². The molecule has 0 spiro atoms. The van der Waals surface area contributed by atoms with E-state index in [0.29, 0.717) is 6.42 Å². The molecule has 5 nitrogen and oxygen atoms in total. The minimum Gasteiger partial charge on any atom is -0.376 e. The van der Waals surface area contributed by atoms with Gasteiger partial charge in [-0.3, -0.25) is 4.79 Å². The standard InChI is InChI=1S/C19H28N2O3S/c1-15-7-5-6-10-18(15)20-13-19(22)21(16-8-3-2-4-9-16)17-11-12-25(23,24)14-17/h5-7,10,16-17,20H,2-4,8-9,11-14H2,1H3. The highest BCUT2D eigenvalue weighted by Gasteiger charge is 2.38. The van der Waals surface area contributed by atoms with Crippen molar-refractivity contribution in [1.82, 2.24) is 4.90 Å². The summed E-state index contributed by atoms with van der Waals surface area (Å²) in [7, 11) is -3.00. The molecule has 2 aliphatic rings. The maximum absolute atomic E-state index is 13.0. The number of anilines is 1. The largest absolute Gasteiger partial charge is 0.376 e. The van der Waals surface area contributed by atoms with Crippen LogP contribution in [0.2, 0.25) is 0 Å². The number of amides is 1. The van der Waals surface area contributed by atoms with Crippen molar-refractivity contribution >= 4 is 21.4 Å². The van der Waals surface area contributed by atoms with Gasteiger partial charge in [0.15, 0.2) is 9.84 Å². The topological polar surface area (TPSA) is 66.5 Å². The molecule has 1 N–H and O–H groups in total. The Morgan fingerprint density at radius 3 is 2.48 bits per heavy atom. The van der Waals surface area contributed by atoms with Crippen LogP contribution in [0.5, 0.6) is 0 Å². The van der Waals surface area contributed by atoms with Gasteiger partial charge in [-0.2, -0.15) is 0 Å². The molecule has 1 atom stereocenters. The normalized spacial score (nSPS) is 23.3. The van der Waals surface area contributed by atoms with Crippen LogP contribution in [0.3, 0.4) is 0 Å². The molecule has 2 fully saturated rings. The second-order valence-corrected chi connectivity index (χ2v) is 9.55. The van der Waals surface area contributed by atoms with Gasteiger partial charge in [0, 0.05) is 17.8 Å². The van der Waals surface area contributed by atoms with E-state index < -0.39 is 9.84 Å². The zero-order valence-corrected chi connectivity index (χ0v) is 15.7. The third-order valence-electron chi connectivity index (χ3n) is 5.43. The van der Waals surface area contributed by atoms with Crippen LogP contribution in [0.25, 0.3) is 0 Å². The molecule has 6 heteroatoms. The Labute approximate surface area is 150 Å². The summed E-state index contributed by atoms with van der Waals surface area (Å²) in [5, 5.41) is 3.24. The second kappa shape index (κ2) is 7.77. The summed E-state index contributed by atoms with van der Waals surface area (Å²) in [6, 6.07) is 7.93. The summed E-state index contributed by atoms with van der Waals surface area (Å²) in [4.78, 5) is 14.9. The molecule has 1 aliphatic heterocycles. The van der Waals surface area contributed by atoms with Gasteiger partial charge >= 0.3 is 0 Å². The summed E-state index contributed by atoms with van der Waals surface area (Å²) in [5.41, 5.74) is 2.06. The van der Waals surface area contributed by atoms with Gasteiger partial charge in [-0.15, -0.1) is 0 Å². The van der Waals surface area contributed by atoms with Crippen LogP contribution in [0.4, 0.5) is 5.69 Å². The Morgan fingerprint density at radius 2 is 1.84 bits per heavy atom. The monoisotopic (exact) mass is 364 g/mol. The highest BCUT2D eigenvalue weighted by Crippen LogP contribution is 2.28. The van der Waals surface area contributed by atoms with Crippen LogP contribution in [-0.4, -0.2) is 49.4 Å². The number of para-hydroxylation sites is 1. The number of nitrogens with one attached hydrogen (secondary N) is 1. The first kappa shape index (κ1) is 18.2. The number of carbonyl (C=O) groups excluding carboxylic acids is 1. The van der Waals surface area contributed by atoms with E-state index in [9.17, 15) is 13.2 Å². The molecule has 0 radical (unpaired) electrons. The van der Waals surface area contributed by atoms with E-state index >= 15 is 0 Å². The van der Waals surface area contributed by atoms with E-state index in [1.807, 2.05) is 36.1 Å². The van der Waals surface area contributed by atoms with Crippen LogP contribution in [0, 0.1) is 6.92 Å². The van der Waals surface area contributed by atoms with E-state index in [4.69, 9.17) is 0 Å². The van der Waals surface area contributed by atoms with Gasteiger partial charge in [-0.1, -0.05) is 37.5 Å². The Bertz CT molecular complexity index is 711. The molecule has 25 heavy (non-hydrogen) atoms. The average Bonchev–Trinajstić information content (AvgIpc) is 2.95. The minimum atomic E-state index is -3.00. The summed E-state index contributed by atoms with van der Waals surface area (Å²) in [6.45, 7) is 2.23. The zero-order chi connectivity index (χ0) is 17.9. The van der Waals surface area contributed by atoms with Crippen molar-refractivity contribution in [1.29, 1.82) is 0 Å². The van der Waals surface area contributed by atoms with Gasteiger partial charge in [-0.25, -0.2) is 8.42 Å². The molecule has 1 unspecified atom stereocenters. The molecule has 1 aromatic carbocycles. The number of hydrogen-bond acceptors (Lipinski definition) is 4. The van der Waals surface area contributed by atoms with Gasteiger partial charge in [-0.05, 0) is 37.8 Å². The Balaban J connectivity index is 1.71. The van der Waals surface area contributed by atoms with Crippen molar-refractivity contribution in [2.75, 3.05) is 23.4 Å². The molecule has 1 saturated heterocycles. The fourth-order valence-corrected chi connectivity index (χ4v) is 5.80. The Hall–Kier alpha value is -1.56. The van der Waals surface area contributed by atoms with Crippen molar-refractivity contribution < 1.29 is 13.2 Å². The van der Waals surface area contributed by atoms with Crippen LogP contribution < -0.4 is 5.32 Å². The molecule has 1 amide bonds. The van der Waals surface area contributed by atoms with Gasteiger partial charge in [0.1, 0.15) is 0 Å². The van der Waals surface area contributed by atoms with Gasteiger partial charge < -0.3 is 10.2 Å². The lowest BCUT2D eigenvalue weighted by Gasteiger charge is -2.38. The van der Waals surface area contributed by atoms with E-state index in [1.54, 1.807) is 0 Å². The molecule has 1 saturated carbocycles. The third-order valence-corrected chi connectivity index (χ3v) is 7.18. The quantitative estimate of drug-likeness (QED) is 0.872. The fraction of sp³-hybridized carbons (Fsp3) is 0.632.